The van der Waals surface area contributed by atoms with Crippen molar-refractivity contribution in [3.8, 4) is 11.6 Å². The molecule has 1 saturated heterocycles. The van der Waals surface area contributed by atoms with E-state index in [1.165, 1.54) is 0 Å². The molecule has 1 fully saturated rings. The largest absolute Gasteiger partial charge is 0.471 e. The van der Waals surface area contributed by atoms with Gasteiger partial charge in [-0.25, -0.2) is 4.68 Å². The Morgan fingerprint density at radius 2 is 1.86 bits per heavy atom. The Labute approximate surface area is 129 Å². The fraction of sp³-hybridized carbons (Fsp3) is 0.278. The number of nitrogens with one attached hydrogen (secondary N) is 1. The molecule has 4 nitrogen and oxygen atoms in total. The summed E-state index contributed by atoms with van der Waals surface area (Å²) in [5.74, 6) is 0.730. The molecule has 4 heteroatoms. The van der Waals surface area contributed by atoms with Crippen LogP contribution in [0, 0.1) is 0 Å². The van der Waals surface area contributed by atoms with E-state index in [0.717, 1.165) is 48.4 Å². The smallest absolute Gasteiger partial charge is 0.241 e. The molecule has 3 aromatic rings. The van der Waals surface area contributed by atoms with E-state index in [1.807, 2.05) is 35.0 Å². The third-order valence-electron chi connectivity index (χ3n) is 4.08. The molecule has 0 aliphatic carbocycles. The van der Waals surface area contributed by atoms with Crippen molar-refractivity contribution in [3.63, 3.8) is 0 Å². The maximum atomic E-state index is 6.18. The Kier molecular flexibility index (Phi) is 3.52. The second kappa shape index (κ2) is 5.81. The van der Waals surface area contributed by atoms with Gasteiger partial charge in [0, 0.05) is 6.54 Å². The molecule has 1 aliphatic rings. The molecular weight excluding hydrogens is 274 g/mol. The number of fused-ring (bicyclic) bond motifs is 1. The minimum Gasteiger partial charge on any atom is -0.471 e. The first-order chi connectivity index (χ1) is 10.9. The lowest BCUT2D eigenvalue weighted by molar-refractivity contribution is 0.161. The van der Waals surface area contributed by atoms with Gasteiger partial charge in [-0.15, -0.1) is 5.10 Å². The van der Waals surface area contributed by atoms with E-state index in [2.05, 4.69) is 29.6 Å². The summed E-state index contributed by atoms with van der Waals surface area (Å²) in [6.45, 7) is 1.98. The predicted molar refractivity (Wildman–Crippen MR) is 87.6 cm³/mol. The van der Waals surface area contributed by atoms with Crippen molar-refractivity contribution < 1.29 is 4.74 Å². The van der Waals surface area contributed by atoms with Crippen molar-refractivity contribution in [2.24, 2.45) is 0 Å². The van der Waals surface area contributed by atoms with Crippen LogP contribution in [0.2, 0.25) is 0 Å². The number of para-hydroxylation sites is 2. The van der Waals surface area contributed by atoms with E-state index in [4.69, 9.17) is 9.84 Å². The molecule has 0 spiro atoms. The number of hydrogen-bond donors (Lipinski definition) is 1. The molecule has 2 aromatic carbocycles. The highest BCUT2D eigenvalue weighted by Crippen LogP contribution is 2.28. The summed E-state index contributed by atoms with van der Waals surface area (Å²) < 4.78 is 8.14. The number of rotatable bonds is 3. The number of piperidine rings is 1. The third-order valence-corrected chi connectivity index (χ3v) is 4.08. The topological polar surface area (TPSA) is 39.1 Å². The van der Waals surface area contributed by atoms with Gasteiger partial charge in [0.05, 0.1) is 16.6 Å². The Morgan fingerprint density at radius 1 is 1.05 bits per heavy atom. The second-order valence-corrected chi connectivity index (χ2v) is 5.66. The maximum Gasteiger partial charge on any atom is 0.241 e. The van der Waals surface area contributed by atoms with Crippen LogP contribution in [0.1, 0.15) is 12.8 Å². The summed E-state index contributed by atoms with van der Waals surface area (Å²) in [5, 5.41) is 9.17. The number of ether oxygens (including phenoxy) is 1. The minimum absolute atomic E-state index is 0.205. The van der Waals surface area contributed by atoms with E-state index in [9.17, 15) is 0 Å². The quantitative estimate of drug-likeness (QED) is 0.806. The number of aromatic nitrogens is 2. The molecule has 1 aliphatic heterocycles. The fourth-order valence-electron chi connectivity index (χ4n) is 2.97. The molecule has 0 saturated carbocycles. The van der Waals surface area contributed by atoms with Gasteiger partial charge in [0.15, 0.2) is 0 Å². The van der Waals surface area contributed by atoms with Crippen LogP contribution in [-0.2, 0) is 0 Å². The number of nitrogens with zero attached hydrogens (tertiary/aromatic N) is 2. The zero-order valence-corrected chi connectivity index (χ0v) is 12.4. The molecule has 2 heterocycles. The van der Waals surface area contributed by atoms with Crippen molar-refractivity contribution in [2.75, 3.05) is 13.1 Å². The molecule has 1 unspecified atom stereocenters. The Hall–Kier alpha value is -2.33. The summed E-state index contributed by atoms with van der Waals surface area (Å²) >= 11 is 0. The van der Waals surface area contributed by atoms with Crippen LogP contribution in [0.5, 0.6) is 5.88 Å². The zero-order chi connectivity index (χ0) is 14.8. The summed E-state index contributed by atoms with van der Waals surface area (Å²) in [6, 6.07) is 18.4. The van der Waals surface area contributed by atoms with Gasteiger partial charge in [-0.2, -0.15) is 0 Å². The third kappa shape index (κ3) is 2.46. The molecule has 0 radical (unpaired) electrons. The molecule has 112 valence electrons. The first kappa shape index (κ1) is 13.3. The van der Waals surface area contributed by atoms with Gasteiger partial charge in [-0.05, 0) is 43.7 Å². The molecule has 22 heavy (non-hydrogen) atoms. The lowest BCUT2D eigenvalue weighted by Crippen LogP contribution is -2.37. The molecule has 1 aromatic heterocycles. The second-order valence-electron chi connectivity index (χ2n) is 5.66. The summed E-state index contributed by atoms with van der Waals surface area (Å²) in [7, 11) is 0. The van der Waals surface area contributed by atoms with Crippen LogP contribution >= 0.6 is 0 Å². The fourth-order valence-corrected chi connectivity index (χ4v) is 2.97. The zero-order valence-electron chi connectivity index (χ0n) is 12.4. The molecule has 4 rings (SSSR count). The molecule has 1 N–H and O–H groups in total. The number of benzene rings is 2. The summed E-state index contributed by atoms with van der Waals surface area (Å²) in [4.78, 5) is 0. The van der Waals surface area contributed by atoms with Gasteiger partial charge in [0.25, 0.3) is 0 Å². The molecule has 1 atom stereocenters. The van der Waals surface area contributed by atoms with Crippen LogP contribution in [0.4, 0.5) is 0 Å². The van der Waals surface area contributed by atoms with Gasteiger partial charge in [-0.1, -0.05) is 30.3 Å². The van der Waals surface area contributed by atoms with Crippen LogP contribution < -0.4 is 10.1 Å². The molecule has 0 amide bonds. The lowest BCUT2D eigenvalue weighted by Gasteiger charge is -2.22. The predicted octanol–water partition coefficient (Wildman–Crippen LogP) is 3.16. The highest BCUT2D eigenvalue weighted by molar-refractivity contribution is 5.85. The molecule has 0 bridgehead atoms. The highest BCUT2D eigenvalue weighted by Gasteiger charge is 2.19. The normalized spacial score (nSPS) is 18.5. The monoisotopic (exact) mass is 293 g/mol. The van der Waals surface area contributed by atoms with Crippen molar-refractivity contribution in [3.05, 3.63) is 54.6 Å². The van der Waals surface area contributed by atoms with Crippen LogP contribution in [0.25, 0.3) is 16.6 Å². The van der Waals surface area contributed by atoms with Gasteiger partial charge in [0.1, 0.15) is 6.10 Å². The molecular formula is C18H19N3O. The standard InChI is InChI=1S/C18H19N3O/c1-2-7-14(8-3-1)21-17-11-5-4-10-16(17)18(20-21)22-15-9-6-12-19-13-15/h1-5,7-8,10-11,15,19H,6,9,12-13H2. The highest BCUT2D eigenvalue weighted by atomic mass is 16.5. The van der Waals surface area contributed by atoms with E-state index in [0.29, 0.717) is 0 Å². The van der Waals surface area contributed by atoms with E-state index >= 15 is 0 Å². The van der Waals surface area contributed by atoms with Gasteiger partial charge < -0.3 is 10.1 Å². The Balaban J connectivity index is 1.75. The van der Waals surface area contributed by atoms with Crippen molar-refractivity contribution >= 4 is 10.9 Å². The van der Waals surface area contributed by atoms with E-state index in [-0.39, 0.29) is 6.10 Å². The lowest BCUT2D eigenvalue weighted by atomic mass is 10.1. The average molecular weight is 293 g/mol. The van der Waals surface area contributed by atoms with Crippen LogP contribution in [0.3, 0.4) is 0 Å². The minimum atomic E-state index is 0.205. The van der Waals surface area contributed by atoms with E-state index < -0.39 is 0 Å². The number of hydrogen-bond acceptors (Lipinski definition) is 3. The Morgan fingerprint density at radius 3 is 2.68 bits per heavy atom. The maximum absolute atomic E-state index is 6.18. The van der Waals surface area contributed by atoms with Crippen molar-refractivity contribution in [2.45, 2.75) is 18.9 Å². The van der Waals surface area contributed by atoms with E-state index in [1.54, 1.807) is 0 Å². The van der Waals surface area contributed by atoms with Crippen molar-refractivity contribution in [1.82, 2.24) is 15.1 Å². The Bertz CT molecular complexity index is 760. The van der Waals surface area contributed by atoms with Gasteiger partial charge in [-0.3, -0.25) is 0 Å². The van der Waals surface area contributed by atoms with Gasteiger partial charge in [0.2, 0.25) is 5.88 Å². The average Bonchev–Trinajstić information content (AvgIpc) is 2.96. The van der Waals surface area contributed by atoms with Crippen LogP contribution in [0.15, 0.2) is 54.6 Å². The van der Waals surface area contributed by atoms with Crippen molar-refractivity contribution in [1.29, 1.82) is 0 Å². The summed E-state index contributed by atoms with van der Waals surface area (Å²) in [6.07, 6.45) is 2.44. The van der Waals surface area contributed by atoms with Gasteiger partial charge >= 0.3 is 0 Å². The first-order valence-electron chi connectivity index (χ1n) is 7.82. The van der Waals surface area contributed by atoms with Crippen LogP contribution in [-0.4, -0.2) is 29.0 Å². The first-order valence-corrected chi connectivity index (χ1v) is 7.82. The SMILES string of the molecule is c1ccc(-n2nc(OC3CCCNC3)c3ccccc32)cc1. The summed E-state index contributed by atoms with van der Waals surface area (Å²) in [5.41, 5.74) is 2.13.